The molecule has 5 unspecified atom stereocenters. The third-order valence-corrected chi connectivity index (χ3v) is 6.82. The van der Waals surface area contributed by atoms with Crippen LogP contribution in [0.5, 0.6) is 0 Å². The van der Waals surface area contributed by atoms with E-state index in [0.29, 0.717) is 37.8 Å². The van der Waals surface area contributed by atoms with E-state index < -0.39 is 66.2 Å². The summed E-state index contributed by atoms with van der Waals surface area (Å²) in [6.07, 6.45) is 2.92. The molecule has 2 aromatic rings. The molecule has 13 heteroatoms. The summed E-state index contributed by atoms with van der Waals surface area (Å²) < 4.78 is 0. The molecule has 0 saturated heterocycles. The lowest BCUT2D eigenvalue weighted by Crippen LogP contribution is -2.59. The van der Waals surface area contributed by atoms with Gasteiger partial charge >= 0.3 is 11.9 Å². The van der Waals surface area contributed by atoms with Gasteiger partial charge in [0.25, 0.3) is 0 Å². The number of carboxylic acids is 2. The maximum atomic E-state index is 13.3. The Morgan fingerprint density at radius 3 is 2.25 bits per heavy atom. The summed E-state index contributed by atoms with van der Waals surface area (Å²) in [5, 5.41) is 27.3. The molecule has 0 saturated carbocycles. The molecular weight excluding hydrogens is 520 g/mol. The first kappa shape index (κ1) is 32.2. The summed E-state index contributed by atoms with van der Waals surface area (Å²) in [7, 11) is 0. The Labute approximate surface area is 232 Å². The van der Waals surface area contributed by atoms with Crippen LogP contribution in [0.25, 0.3) is 10.9 Å². The molecule has 10 N–H and O–H groups in total. The second-order valence-electron chi connectivity index (χ2n) is 9.88. The Bertz CT molecular complexity index is 1180. The molecule has 0 radical (unpaired) electrons. The van der Waals surface area contributed by atoms with Gasteiger partial charge in [-0.1, -0.05) is 44.9 Å². The smallest absolute Gasteiger partial charge is 0.326 e. The number of fused-ring (bicyclic) bond motifs is 1. The van der Waals surface area contributed by atoms with Crippen LogP contribution in [0.1, 0.15) is 51.5 Å². The molecule has 220 valence electrons. The molecule has 1 aromatic heterocycles. The van der Waals surface area contributed by atoms with Crippen molar-refractivity contribution in [2.24, 2.45) is 17.4 Å². The number of carbonyl (C=O) groups is 5. The minimum absolute atomic E-state index is 0.00794. The summed E-state index contributed by atoms with van der Waals surface area (Å²) in [5.41, 5.74) is 12.8. The number of H-pyrrole nitrogens is 1. The molecule has 0 aliphatic rings. The van der Waals surface area contributed by atoms with Crippen molar-refractivity contribution in [3.8, 4) is 0 Å². The standard InChI is InChI=1S/C27H40N6O7/c1-3-15(2)23(33-25(37)20(13-22(34)35)31-24(36)18(29)9-6-7-11-28)26(38)32-21(27(39)40)12-16-14-30-19-10-5-4-8-17(16)19/h4-5,8,10,14-15,18,20-21,23,30H,3,6-7,9,11-13,28-29H2,1-2H3,(H,31,36)(H,32,38)(H,33,37)(H,34,35)(H,39,40). The number of aromatic amines is 1. The Balaban J connectivity index is 2.16. The highest BCUT2D eigenvalue weighted by Gasteiger charge is 2.33. The third kappa shape index (κ3) is 9.35. The number of benzene rings is 1. The molecule has 0 spiro atoms. The van der Waals surface area contributed by atoms with Gasteiger partial charge in [0.05, 0.1) is 12.5 Å². The van der Waals surface area contributed by atoms with Crippen LogP contribution in [0, 0.1) is 5.92 Å². The Hall–Kier alpha value is -3.97. The summed E-state index contributed by atoms with van der Waals surface area (Å²) in [5.74, 6) is -5.37. The maximum absolute atomic E-state index is 13.3. The minimum Gasteiger partial charge on any atom is -0.481 e. The fraction of sp³-hybridized carbons (Fsp3) is 0.519. The lowest BCUT2D eigenvalue weighted by Gasteiger charge is -2.27. The topological polar surface area (TPSA) is 230 Å². The monoisotopic (exact) mass is 560 g/mol. The second kappa shape index (κ2) is 15.6. The number of hydrogen-bond acceptors (Lipinski definition) is 7. The number of aliphatic carboxylic acids is 2. The third-order valence-electron chi connectivity index (χ3n) is 6.82. The summed E-state index contributed by atoms with van der Waals surface area (Å²) >= 11 is 0. The molecular formula is C27H40N6O7. The van der Waals surface area contributed by atoms with Gasteiger partial charge in [0.2, 0.25) is 17.7 Å². The molecule has 40 heavy (non-hydrogen) atoms. The van der Waals surface area contributed by atoms with Gasteiger partial charge in [-0.2, -0.15) is 0 Å². The number of unbranched alkanes of at least 4 members (excludes halogenated alkanes) is 1. The van der Waals surface area contributed by atoms with Gasteiger partial charge in [-0.05, 0) is 36.9 Å². The number of carbonyl (C=O) groups excluding carboxylic acids is 3. The Morgan fingerprint density at radius 1 is 0.950 bits per heavy atom. The van der Waals surface area contributed by atoms with Crippen LogP contribution < -0.4 is 27.4 Å². The molecule has 0 aliphatic heterocycles. The van der Waals surface area contributed by atoms with Crippen molar-refractivity contribution in [1.82, 2.24) is 20.9 Å². The first-order valence-corrected chi connectivity index (χ1v) is 13.3. The Morgan fingerprint density at radius 2 is 1.62 bits per heavy atom. The Kier molecular flexibility index (Phi) is 12.6. The fourth-order valence-electron chi connectivity index (χ4n) is 4.24. The zero-order valence-electron chi connectivity index (χ0n) is 22.8. The molecule has 3 amide bonds. The zero-order chi connectivity index (χ0) is 29.8. The van der Waals surface area contributed by atoms with Crippen molar-refractivity contribution >= 4 is 40.6 Å². The lowest BCUT2D eigenvalue weighted by molar-refractivity contribution is -0.143. The predicted molar refractivity (Wildman–Crippen MR) is 148 cm³/mol. The molecule has 0 fully saturated rings. The van der Waals surface area contributed by atoms with Gasteiger partial charge in [-0.15, -0.1) is 0 Å². The lowest BCUT2D eigenvalue weighted by atomic mass is 9.96. The largest absolute Gasteiger partial charge is 0.481 e. The van der Waals surface area contributed by atoms with E-state index in [2.05, 4.69) is 20.9 Å². The van der Waals surface area contributed by atoms with E-state index in [1.165, 1.54) is 0 Å². The quantitative estimate of drug-likeness (QED) is 0.124. The predicted octanol–water partition coefficient (Wildman–Crippen LogP) is 0.227. The highest BCUT2D eigenvalue weighted by atomic mass is 16.4. The van der Waals surface area contributed by atoms with Crippen LogP contribution in [0.2, 0.25) is 0 Å². The number of amides is 3. The minimum atomic E-state index is -1.49. The summed E-state index contributed by atoms with van der Waals surface area (Å²) in [6.45, 7) is 3.91. The van der Waals surface area contributed by atoms with E-state index >= 15 is 0 Å². The van der Waals surface area contributed by atoms with Crippen molar-refractivity contribution in [2.75, 3.05) is 6.54 Å². The van der Waals surface area contributed by atoms with Crippen LogP contribution in [0.3, 0.4) is 0 Å². The van der Waals surface area contributed by atoms with Crippen LogP contribution in [-0.2, 0) is 30.4 Å². The average Bonchev–Trinajstić information content (AvgIpc) is 3.32. The van der Waals surface area contributed by atoms with Gasteiger partial charge in [0, 0.05) is 23.5 Å². The van der Waals surface area contributed by atoms with Gasteiger partial charge in [-0.3, -0.25) is 19.2 Å². The first-order chi connectivity index (χ1) is 19.0. The number of hydrogen-bond donors (Lipinski definition) is 8. The highest BCUT2D eigenvalue weighted by molar-refractivity contribution is 5.96. The number of carboxylic acid groups (broad SMARTS) is 2. The first-order valence-electron chi connectivity index (χ1n) is 13.3. The normalized spacial score (nSPS) is 14.9. The van der Waals surface area contributed by atoms with E-state index in [0.717, 1.165) is 10.9 Å². The molecule has 1 aromatic carbocycles. The number of nitrogens with two attached hydrogens (primary N) is 2. The van der Waals surface area contributed by atoms with Gasteiger partial charge in [-0.25, -0.2) is 4.79 Å². The molecule has 0 bridgehead atoms. The van der Waals surface area contributed by atoms with Crippen LogP contribution in [-0.4, -0.2) is 75.6 Å². The molecule has 5 atom stereocenters. The highest BCUT2D eigenvalue weighted by Crippen LogP contribution is 2.19. The van der Waals surface area contributed by atoms with Gasteiger partial charge < -0.3 is 42.6 Å². The zero-order valence-corrected chi connectivity index (χ0v) is 22.8. The van der Waals surface area contributed by atoms with Crippen molar-refractivity contribution in [1.29, 1.82) is 0 Å². The SMILES string of the molecule is CCC(C)C(NC(=O)C(CC(=O)O)NC(=O)C(N)CCCCN)C(=O)NC(Cc1c[nH]c2ccccc12)C(=O)O. The van der Waals surface area contributed by atoms with Crippen LogP contribution in [0.4, 0.5) is 0 Å². The molecule has 0 aliphatic carbocycles. The van der Waals surface area contributed by atoms with Gasteiger partial charge in [0.15, 0.2) is 0 Å². The fourth-order valence-corrected chi connectivity index (χ4v) is 4.24. The second-order valence-corrected chi connectivity index (χ2v) is 9.88. The van der Waals surface area contributed by atoms with Crippen molar-refractivity contribution in [3.63, 3.8) is 0 Å². The van der Waals surface area contributed by atoms with Gasteiger partial charge in [0.1, 0.15) is 18.1 Å². The number of para-hydroxylation sites is 1. The molecule has 13 nitrogen and oxygen atoms in total. The average molecular weight is 561 g/mol. The summed E-state index contributed by atoms with van der Waals surface area (Å²) in [6, 6.07) is 2.41. The van der Waals surface area contributed by atoms with Crippen LogP contribution in [0.15, 0.2) is 30.5 Å². The van der Waals surface area contributed by atoms with Crippen molar-refractivity contribution in [2.45, 2.75) is 76.5 Å². The molecule has 2 rings (SSSR count). The van der Waals surface area contributed by atoms with Crippen LogP contribution >= 0.6 is 0 Å². The van der Waals surface area contributed by atoms with E-state index in [4.69, 9.17) is 11.5 Å². The summed E-state index contributed by atoms with van der Waals surface area (Å²) in [4.78, 5) is 65.4. The number of rotatable bonds is 17. The van der Waals surface area contributed by atoms with E-state index in [1.54, 1.807) is 20.0 Å². The van der Waals surface area contributed by atoms with E-state index in [-0.39, 0.29) is 6.42 Å². The number of nitrogens with one attached hydrogen (secondary N) is 4. The van der Waals surface area contributed by atoms with E-state index in [9.17, 15) is 34.2 Å². The van der Waals surface area contributed by atoms with Crippen molar-refractivity contribution < 1.29 is 34.2 Å². The van der Waals surface area contributed by atoms with Crippen molar-refractivity contribution in [3.05, 3.63) is 36.0 Å². The maximum Gasteiger partial charge on any atom is 0.326 e. The van der Waals surface area contributed by atoms with E-state index in [1.807, 2.05) is 24.3 Å². The number of aromatic nitrogens is 1. The molecule has 1 heterocycles.